The van der Waals surface area contributed by atoms with Gasteiger partial charge in [0.1, 0.15) is 0 Å². The standard InChI is InChI=1S/C27H38N6O2/c1-19-15-20(18-32(4)14-8-13-31(2)3)23(27(35)30-19)16-28-26(34)22-11-7-12-25-24(22)17-29-33(25)21-9-5-6-10-21/h7,11-12,15,17,21,23H,5-6,8-10,13-14,16,18H2,1-4H3,(H,28,34). The van der Waals surface area contributed by atoms with E-state index in [0.29, 0.717) is 18.2 Å². The Balaban J connectivity index is 1.43. The zero-order valence-electron chi connectivity index (χ0n) is 21.5. The summed E-state index contributed by atoms with van der Waals surface area (Å²) in [4.78, 5) is 34.6. The first-order valence-corrected chi connectivity index (χ1v) is 12.7. The number of hydrogen-bond acceptors (Lipinski definition) is 5. The van der Waals surface area contributed by atoms with Crippen molar-refractivity contribution in [2.75, 3.05) is 47.3 Å². The molecule has 2 amide bonds. The third-order valence-corrected chi connectivity index (χ3v) is 7.05. The lowest BCUT2D eigenvalue weighted by Crippen LogP contribution is -2.38. The Labute approximate surface area is 208 Å². The van der Waals surface area contributed by atoms with Crippen molar-refractivity contribution in [1.29, 1.82) is 0 Å². The van der Waals surface area contributed by atoms with Crippen molar-refractivity contribution in [3.63, 3.8) is 0 Å². The summed E-state index contributed by atoms with van der Waals surface area (Å²) in [7, 11) is 6.21. The van der Waals surface area contributed by atoms with Crippen LogP contribution in [0.4, 0.5) is 0 Å². The van der Waals surface area contributed by atoms with E-state index >= 15 is 0 Å². The van der Waals surface area contributed by atoms with E-state index in [2.05, 4.69) is 51.0 Å². The predicted octanol–water partition coefficient (Wildman–Crippen LogP) is 3.31. The van der Waals surface area contributed by atoms with Crippen LogP contribution in [0.15, 0.2) is 41.0 Å². The lowest BCUT2D eigenvalue weighted by atomic mass is 9.93. The van der Waals surface area contributed by atoms with E-state index in [-0.39, 0.29) is 18.4 Å². The Bertz CT molecular complexity index is 1130. The number of rotatable bonds is 10. The molecule has 188 valence electrons. The number of nitrogens with one attached hydrogen (secondary N) is 1. The van der Waals surface area contributed by atoms with Crippen LogP contribution in [0.3, 0.4) is 0 Å². The Morgan fingerprint density at radius 3 is 2.69 bits per heavy atom. The second-order valence-corrected chi connectivity index (χ2v) is 10.2. The quantitative estimate of drug-likeness (QED) is 0.567. The van der Waals surface area contributed by atoms with Gasteiger partial charge in [-0.15, -0.1) is 0 Å². The van der Waals surface area contributed by atoms with E-state index in [0.717, 1.165) is 54.5 Å². The molecule has 1 fully saturated rings. The van der Waals surface area contributed by atoms with Crippen LogP contribution in [0.2, 0.25) is 0 Å². The average Bonchev–Trinajstić information content (AvgIpc) is 3.47. The van der Waals surface area contributed by atoms with E-state index in [1.165, 1.54) is 12.8 Å². The number of likely N-dealkylation sites (N-methyl/N-ethyl adjacent to an activating group) is 1. The number of carbonyl (C=O) groups excluding carboxylic acids is 2. The molecule has 2 aliphatic rings. The van der Waals surface area contributed by atoms with Gasteiger partial charge in [0.05, 0.1) is 29.2 Å². The fourth-order valence-electron chi connectivity index (χ4n) is 5.23. The number of dihydropyridines is 1. The Hall–Kier alpha value is -2.84. The van der Waals surface area contributed by atoms with Gasteiger partial charge in [-0.25, -0.2) is 4.99 Å². The fraction of sp³-hybridized carbons (Fsp3) is 0.556. The van der Waals surface area contributed by atoms with Crippen molar-refractivity contribution in [2.45, 2.75) is 45.1 Å². The highest BCUT2D eigenvalue weighted by Crippen LogP contribution is 2.32. The number of nitrogens with zero attached hydrogens (tertiary/aromatic N) is 5. The number of aliphatic imine (C=N–C) groups is 1. The maximum Gasteiger partial charge on any atom is 0.254 e. The number of amides is 2. The first-order valence-electron chi connectivity index (χ1n) is 12.7. The molecule has 1 saturated carbocycles. The number of benzene rings is 1. The minimum atomic E-state index is -0.445. The van der Waals surface area contributed by atoms with Gasteiger partial charge in [0.2, 0.25) is 0 Å². The molecule has 1 atom stereocenters. The molecule has 1 aromatic heterocycles. The maximum absolute atomic E-state index is 13.2. The SMILES string of the molecule is CC1=NC(=O)C(CNC(=O)c2cccc3c2cnn3C2CCCC2)C(CN(C)CCCN(C)C)=C1. The molecule has 2 heterocycles. The van der Waals surface area contributed by atoms with Gasteiger partial charge in [0.15, 0.2) is 0 Å². The van der Waals surface area contributed by atoms with Gasteiger partial charge in [-0.05, 0) is 84.2 Å². The van der Waals surface area contributed by atoms with Crippen molar-refractivity contribution in [3.8, 4) is 0 Å². The number of allylic oxidation sites excluding steroid dienone is 1. The lowest BCUT2D eigenvalue weighted by Gasteiger charge is -2.26. The van der Waals surface area contributed by atoms with Crippen LogP contribution >= 0.6 is 0 Å². The normalized spacial score (nSPS) is 19.0. The van der Waals surface area contributed by atoms with Crippen LogP contribution in [0.5, 0.6) is 0 Å². The molecule has 35 heavy (non-hydrogen) atoms. The average molecular weight is 479 g/mol. The van der Waals surface area contributed by atoms with E-state index in [1.54, 1.807) is 6.20 Å². The fourth-order valence-corrected chi connectivity index (χ4v) is 5.23. The molecule has 2 aromatic rings. The van der Waals surface area contributed by atoms with Crippen molar-refractivity contribution in [1.82, 2.24) is 24.9 Å². The van der Waals surface area contributed by atoms with Crippen LogP contribution in [0.25, 0.3) is 10.9 Å². The highest BCUT2D eigenvalue weighted by atomic mass is 16.2. The number of fused-ring (bicyclic) bond motifs is 1. The molecule has 1 N–H and O–H groups in total. The minimum absolute atomic E-state index is 0.181. The minimum Gasteiger partial charge on any atom is -0.351 e. The summed E-state index contributed by atoms with van der Waals surface area (Å²) in [6.45, 7) is 4.72. The Morgan fingerprint density at radius 1 is 1.17 bits per heavy atom. The van der Waals surface area contributed by atoms with Crippen LogP contribution in [0.1, 0.15) is 55.4 Å². The molecular weight excluding hydrogens is 440 g/mol. The van der Waals surface area contributed by atoms with Crippen LogP contribution in [0, 0.1) is 5.92 Å². The molecule has 8 heteroatoms. The monoisotopic (exact) mass is 478 g/mol. The highest BCUT2D eigenvalue weighted by molar-refractivity contribution is 6.07. The Morgan fingerprint density at radius 2 is 1.94 bits per heavy atom. The molecule has 1 aliphatic carbocycles. The highest BCUT2D eigenvalue weighted by Gasteiger charge is 2.28. The molecule has 1 aliphatic heterocycles. The van der Waals surface area contributed by atoms with Crippen LogP contribution in [-0.4, -0.2) is 84.4 Å². The van der Waals surface area contributed by atoms with Crippen molar-refractivity contribution in [3.05, 3.63) is 41.6 Å². The van der Waals surface area contributed by atoms with Gasteiger partial charge in [-0.3, -0.25) is 14.3 Å². The van der Waals surface area contributed by atoms with Gasteiger partial charge in [-0.2, -0.15) is 5.10 Å². The summed E-state index contributed by atoms with van der Waals surface area (Å²) in [6, 6.07) is 6.19. The summed E-state index contributed by atoms with van der Waals surface area (Å²) in [6.07, 6.45) is 9.57. The topological polar surface area (TPSA) is 82.8 Å². The molecule has 1 aromatic carbocycles. The zero-order chi connectivity index (χ0) is 24.9. The molecular formula is C27H38N6O2. The summed E-state index contributed by atoms with van der Waals surface area (Å²) in [5.74, 6) is -0.812. The Kier molecular flexibility index (Phi) is 8.13. The van der Waals surface area contributed by atoms with Gasteiger partial charge in [0, 0.05) is 24.2 Å². The van der Waals surface area contributed by atoms with Crippen LogP contribution in [-0.2, 0) is 4.79 Å². The van der Waals surface area contributed by atoms with Gasteiger partial charge in [0.25, 0.3) is 11.8 Å². The molecule has 4 rings (SSSR count). The first kappa shape index (κ1) is 25.3. The van der Waals surface area contributed by atoms with Gasteiger partial charge >= 0.3 is 0 Å². The molecule has 0 saturated heterocycles. The zero-order valence-corrected chi connectivity index (χ0v) is 21.5. The maximum atomic E-state index is 13.2. The molecule has 0 radical (unpaired) electrons. The summed E-state index contributed by atoms with van der Waals surface area (Å²) in [5, 5.41) is 8.49. The number of hydrogen-bond donors (Lipinski definition) is 1. The lowest BCUT2D eigenvalue weighted by molar-refractivity contribution is -0.120. The third-order valence-electron chi connectivity index (χ3n) is 7.05. The smallest absolute Gasteiger partial charge is 0.254 e. The van der Waals surface area contributed by atoms with E-state index in [9.17, 15) is 9.59 Å². The van der Waals surface area contributed by atoms with E-state index in [1.807, 2.05) is 31.2 Å². The number of carbonyl (C=O) groups is 2. The second-order valence-electron chi connectivity index (χ2n) is 10.2. The molecule has 0 bridgehead atoms. The van der Waals surface area contributed by atoms with E-state index in [4.69, 9.17) is 0 Å². The summed E-state index contributed by atoms with van der Waals surface area (Å²) >= 11 is 0. The summed E-state index contributed by atoms with van der Waals surface area (Å²) in [5.41, 5.74) is 3.32. The van der Waals surface area contributed by atoms with Crippen LogP contribution < -0.4 is 5.32 Å². The first-order chi connectivity index (χ1) is 16.8. The largest absolute Gasteiger partial charge is 0.351 e. The predicted molar refractivity (Wildman–Crippen MR) is 140 cm³/mol. The van der Waals surface area contributed by atoms with E-state index < -0.39 is 5.92 Å². The van der Waals surface area contributed by atoms with Crippen molar-refractivity contribution >= 4 is 28.4 Å². The van der Waals surface area contributed by atoms with Gasteiger partial charge in [-0.1, -0.05) is 18.9 Å². The van der Waals surface area contributed by atoms with Crippen molar-refractivity contribution in [2.24, 2.45) is 10.9 Å². The summed E-state index contributed by atoms with van der Waals surface area (Å²) < 4.78 is 2.08. The molecule has 0 spiro atoms. The third kappa shape index (κ3) is 6.05. The molecule has 1 unspecified atom stereocenters. The van der Waals surface area contributed by atoms with Gasteiger partial charge < -0.3 is 15.1 Å². The number of aromatic nitrogens is 2. The molecule has 8 nitrogen and oxygen atoms in total. The van der Waals surface area contributed by atoms with Crippen molar-refractivity contribution < 1.29 is 9.59 Å². The second kappa shape index (κ2) is 11.3.